The number of amides is 2. The van der Waals surface area contributed by atoms with E-state index in [1.54, 1.807) is 12.3 Å². The van der Waals surface area contributed by atoms with E-state index in [-0.39, 0.29) is 17.9 Å². The minimum Gasteiger partial charge on any atom is -0.344 e. The Morgan fingerprint density at radius 1 is 1.57 bits per heavy atom. The van der Waals surface area contributed by atoms with Crippen LogP contribution in [0.4, 0.5) is 0 Å². The summed E-state index contributed by atoms with van der Waals surface area (Å²) in [6.45, 7) is 6.51. The Morgan fingerprint density at radius 2 is 2.38 bits per heavy atom. The molecule has 0 spiro atoms. The molecule has 1 saturated heterocycles. The van der Waals surface area contributed by atoms with Crippen LogP contribution in [0.15, 0.2) is 31.1 Å². The number of nitrogens with one attached hydrogen (secondary N) is 1. The molecule has 1 aromatic heterocycles. The number of hydrogen-bond donors (Lipinski definition) is 1. The van der Waals surface area contributed by atoms with E-state index in [0.29, 0.717) is 13.0 Å². The van der Waals surface area contributed by atoms with Gasteiger partial charge in [-0.05, 0) is 25.3 Å². The van der Waals surface area contributed by atoms with E-state index >= 15 is 0 Å². The van der Waals surface area contributed by atoms with Gasteiger partial charge in [0.1, 0.15) is 6.04 Å². The van der Waals surface area contributed by atoms with Gasteiger partial charge in [-0.1, -0.05) is 6.08 Å². The highest BCUT2D eigenvalue weighted by atomic mass is 16.2. The molecule has 2 rings (SSSR count). The Hall–Kier alpha value is -2.11. The highest BCUT2D eigenvalue weighted by Crippen LogP contribution is 2.20. The quantitative estimate of drug-likeness (QED) is 0.793. The van der Waals surface area contributed by atoms with Crippen LogP contribution in [-0.2, 0) is 16.1 Å². The molecule has 6 nitrogen and oxygen atoms in total. The Bertz CT molecular complexity index is 498. The molecule has 2 amide bonds. The molecule has 1 aliphatic heterocycles. The Kier molecular flexibility index (Phi) is 5.14. The van der Waals surface area contributed by atoms with E-state index < -0.39 is 6.04 Å². The molecular weight excluding hydrogens is 268 g/mol. The number of rotatable bonds is 6. The van der Waals surface area contributed by atoms with Crippen LogP contribution in [0.2, 0.25) is 0 Å². The summed E-state index contributed by atoms with van der Waals surface area (Å²) in [5.74, 6) is -0.224. The molecule has 0 aromatic carbocycles. The summed E-state index contributed by atoms with van der Waals surface area (Å²) in [4.78, 5) is 25.8. The molecule has 2 unspecified atom stereocenters. The van der Waals surface area contributed by atoms with Gasteiger partial charge in [-0.15, -0.1) is 6.58 Å². The summed E-state index contributed by atoms with van der Waals surface area (Å²) < 4.78 is 1.84. The minimum absolute atomic E-state index is 0.0280. The molecule has 1 aliphatic rings. The van der Waals surface area contributed by atoms with Crippen molar-refractivity contribution >= 4 is 11.8 Å². The first kappa shape index (κ1) is 15.3. The summed E-state index contributed by atoms with van der Waals surface area (Å²) in [7, 11) is 0. The fourth-order valence-electron chi connectivity index (χ4n) is 2.77. The van der Waals surface area contributed by atoms with Crippen molar-refractivity contribution in [3.05, 3.63) is 31.1 Å². The molecular formula is C15H22N4O2. The molecule has 6 heteroatoms. The van der Waals surface area contributed by atoms with Gasteiger partial charge in [0.05, 0.1) is 12.6 Å². The third-order valence-electron chi connectivity index (χ3n) is 3.70. The predicted molar refractivity (Wildman–Crippen MR) is 79.4 cm³/mol. The van der Waals surface area contributed by atoms with Crippen molar-refractivity contribution in [3.8, 4) is 0 Å². The molecule has 114 valence electrons. The first-order valence-corrected chi connectivity index (χ1v) is 7.27. The first-order valence-electron chi connectivity index (χ1n) is 7.27. The highest BCUT2D eigenvalue weighted by Gasteiger charge is 2.33. The van der Waals surface area contributed by atoms with E-state index in [0.717, 1.165) is 19.4 Å². The van der Waals surface area contributed by atoms with Gasteiger partial charge in [0.25, 0.3) is 0 Å². The lowest BCUT2D eigenvalue weighted by Crippen LogP contribution is -2.50. The second kappa shape index (κ2) is 7.06. The second-order valence-electron chi connectivity index (χ2n) is 5.33. The van der Waals surface area contributed by atoms with Crippen molar-refractivity contribution < 1.29 is 9.59 Å². The van der Waals surface area contributed by atoms with Crippen LogP contribution in [-0.4, -0.2) is 45.1 Å². The number of aromatic nitrogens is 2. The zero-order valence-corrected chi connectivity index (χ0v) is 12.4. The highest BCUT2D eigenvalue weighted by molar-refractivity contribution is 5.87. The lowest BCUT2D eigenvalue weighted by molar-refractivity contribution is -0.137. The summed E-state index contributed by atoms with van der Waals surface area (Å²) in [5.41, 5.74) is 0. The fourth-order valence-corrected chi connectivity index (χ4v) is 2.77. The van der Waals surface area contributed by atoms with E-state index in [4.69, 9.17) is 0 Å². The zero-order valence-electron chi connectivity index (χ0n) is 12.4. The molecule has 1 N–H and O–H groups in total. The number of carbonyl (C=O) groups excluding carboxylic acids is 2. The third-order valence-corrected chi connectivity index (χ3v) is 3.70. The average Bonchev–Trinajstić information content (AvgIpc) is 3.09. The van der Waals surface area contributed by atoms with Gasteiger partial charge in [-0.25, -0.2) is 0 Å². The number of hydrogen-bond acceptors (Lipinski definition) is 3. The maximum atomic E-state index is 12.6. The van der Waals surface area contributed by atoms with E-state index in [9.17, 15) is 9.59 Å². The van der Waals surface area contributed by atoms with Gasteiger partial charge in [0.2, 0.25) is 11.8 Å². The lowest BCUT2D eigenvalue weighted by Gasteiger charge is -2.28. The van der Waals surface area contributed by atoms with E-state index in [2.05, 4.69) is 17.0 Å². The topological polar surface area (TPSA) is 67.2 Å². The lowest BCUT2D eigenvalue weighted by atomic mass is 10.1. The normalized spacial score (nSPS) is 19.3. The number of carbonyl (C=O) groups is 2. The van der Waals surface area contributed by atoms with Gasteiger partial charge in [-0.3, -0.25) is 14.3 Å². The van der Waals surface area contributed by atoms with Crippen molar-refractivity contribution in [3.63, 3.8) is 0 Å². The average molecular weight is 290 g/mol. The molecule has 1 aromatic rings. The number of nitrogens with zero attached hydrogens (tertiary/aromatic N) is 3. The van der Waals surface area contributed by atoms with Crippen LogP contribution >= 0.6 is 0 Å². The molecule has 0 saturated carbocycles. The Balaban J connectivity index is 2.04. The zero-order chi connectivity index (χ0) is 15.2. The third kappa shape index (κ3) is 3.93. The van der Waals surface area contributed by atoms with Crippen molar-refractivity contribution in [2.24, 2.45) is 0 Å². The van der Waals surface area contributed by atoms with Crippen LogP contribution in [0.25, 0.3) is 0 Å². The molecule has 0 radical (unpaired) electrons. The maximum absolute atomic E-state index is 12.6. The summed E-state index contributed by atoms with van der Waals surface area (Å²) in [5, 5.41) is 6.91. The van der Waals surface area contributed by atoms with Crippen LogP contribution in [0.3, 0.4) is 0 Å². The van der Waals surface area contributed by atoms with Crippen molar-refractivity contribution in [1.82, 2.24) is 20.0 Å². The summed E-state index contributed by atoms with van der Waals surface area (Å²) in [6, 6.07) is 1.50. The molecule has 0 bridgehead atoms. The standard InChI is InChI=1S/C15H22N4O2/c1-3-6-14(17-12(2)20)15(21)19-10-4-7-13(19)11-18-9-5-8-16-18/h3,5,8-9,13-14H,1,4,6-7,10-11H2,2H3,(H,17,20). The van der Waals surface area contributed by atoms with Gasteiger partial charge >= 0.3 is 0 Å². The molecule has 1 fully saturated rings. The van der Waals surface area contributed by atoms with E-state index in [1.807, 2.05) is 21.8 Å². The Labute approximate surface area is 124 Å². The van der Waals surface area contributed by atoms with Gasteiger partial charge in [0.15, 0.2) is 0 Å². The largest absolute Gasteiger partial charge is 0.344 e. The summed E-state index contributed by atoms with van der Waals surface area (Å²) >= 11 is 0. The molecule has 0 aliphatic carbocycles. The van der Waals surface area contributed by atoms with Crippen LogP contribution in [0.5, 0.6) is 0 Å². The molecule has 2 heterocycles. The first-order chi connectivity index (χ1) is 10.1. The maximum Gasteiger partial charge on any atom is 0.245 e. The van der Waals surface area contributed by atoms with Crippen molar-refractivity contribution in [2.45, 2.75) is 44.8 Å². The minimum atomic E-state index is -0.516. The second-order valence-corrected chi connectivity index (χ2v) is 5.33. The van der Waals surface area contributed by atoms with E-state index in [1.165, 1.54) is 6.92 Å². The van der Waals surface area contributed by atoms with Crippen LogP contribution in [0.1, 0.15) is 26.2 Å². The van der Waals surface area contributed by atoms with Crippen LogP contribution in [0, 0.1) is 0 Å². The van der Waals surface area contributed by atoms with Gasteiger partial charge in [0, 0.05) is 25.9 Å². The Morgan fingerprint density at radius 3 is 3.00 bits per heavy atom. The summed E-state index contributed by atoms with van der Waals surface area (Å²) in [6.07, 6.45) is 7.69. The fraction of sp³-hybridized carbons (Fsp3) is 0.533. The van der Waals surface area contributed by atoms with Gasteiger partial charge < -0.3 is 10.2 Å². The molecule has 2 atom stereocenters. The predicted octanol–water partition coefficient (Wildman–Crippen LogP) is 0.955. The van der Waals surface area contributed by atoms with Crippen molar-refractivity contribution in [2.75, 3.05) is 6.54 Å². The molecule has 21 heavy (non-hydrogen) atoms. The van der Waals surface area contributed by atoms with Gasteiger partial charge in [-0.2, -0.15) is 5.10 Å². The monoisotopic (exact) mass is 290 g/mol. The SMILES string of the molecule is C=CCC(NC(C)=O)C(=O)N1CCCC1Cn1cccn1. The smallest absolute Gasteiger partial charge is 0.245 e. The van der Waals surface area contributed by atoms with Crippen LogP contribution < -0.4 is 5.32 Å². The van der Waals surface area contributed by atoms with Crippen molar-refractivity contribution in [1.29, 1.82) is 0 Å². The number of likely N-dealkylation sites (tertiary alicyclic amines) is 1.